The van der Waals surface area contributed by atoms with Gasteiger partial charge in [-0.15, -0.1) is 10.2 Å². The smallest absolute Gasteiger partial charge is 0.408 e. The first kappa shape index (κ1) is 19.8. The van der Waals surface area contributed by atoms with Crippen LogP contribution in [0, 0.1) is 0 Å². The molecular weight excluding hydrogens is 418 g/mol. The molecule has 0 radical (unpaired) electrons. The first-order valence-corrected chi connectivity index (χ1v) is 10.7. The van der Waals surface area contributed by atoms with Crippen molar-refractivity contribution >= 4 is 17.7 Å². The topological polar surface area (TPSA) is 93.4 Å². The molecule has 1 fully saturated rings. The van der Waals surface area contributed by atoms with Crippen LogP contribution in [-0.4, -0.2) is 42.0 Å². The highest BCUT2D eigenvalue weighted by Crippen LogP contribution is 2.37. The van der Waals surface area contributed by atoms with Crippen molar-refractivity contribution in [2.75, 3.05) is 0 Å². The third kappa shape index (κ3) is 3.95. The Morgan fingerprint density at radius 3 is 2.68 bits per heavy atom. The Balaban J connectivity index is 1.41. The van der Waals surface area contributed by atoms with Gasteiger partial charge in [-0.05, 0) is 55.5 Å². The molecular formula is C22H22ClN5O3. The zero-order valence-electron chi connectivity index (χ0n) is 16.8. The van der Waals surface area contributed by atoms with E-state index in [2.05, 4.69) is 15.2 Å². The van der Waals surface area contributed by atoms with Gasteiger partial charge in [0.25, 0.3) is 0 Å². The third-order valence-electron chi connectivity index (χ3n) is 5.97. The van der Waals surface area contributed by atoms with Gasteiger partial charge in [-0.25, -0.2) is 9.78 Å². The highest BCUT2D eigenvalue weighted by Gasteiger charge is 2.32. The number of benzene rings is 1. The van der Waals surface area contributed by atoms with Crippen molar-refractivity contribution in [1.82, 2.24) is 24.6 Å². The number of aromatic nitrogens is 4. The van der Waals surface area contributed by atoms with Crippen LogP contribution in [0.3, 0.4) is 0 Å². The van der Waals surface area contributed by atoms with Crippen LogP contribution in [0.1, 0.15) is 48.8 Å². The Labute approximate surface area is 184 Å². The summed E-state index contributed by atoms with van der Waals surface area (Å²) >= 11 is 6.20. The van der Waals surface area contributed by atoms with Crippen molar-refractivity contribution in [1.29, 1.82) is 0 Å². The molecule has 1 aliphatic heterocycles. The molecule has 8 nitrogen and oxygen atoms in total. The van der Waals surface area contributed by atoms with E-state index in [9.17, 15) is 9.90 Å². The van der Waals surface area contributed by atoms with Crippen LogP contribution in [-0.2, 0) is 13.1 Å². The molecule has 0 atom stereocenters. The summed E-state index contributed by atoms with van der Waals surface area (Å²) in [6, 6.07) is 11.2. The van der Waals surface area contributed by atoms with E-state index in [1.54, 1.807) is 6.20 Å². The van der Waals surface area contributed by atoms with Gasteiger partial charge in [-0.2, -0.15) is 0 Å². The van der Waals surface area contributed by atoms with E-state index >= 15 is 0 Å². The first-order valence-electron chi connectivity index (χ1n) is 10.4. The zero-order valence-corrected chi connectivity index (χ0v) is 17.6. The molecule has 1 aliphatic carbocycles. The molecule has 2 aromatic heterocycles. The van der Waals surface area contributed by atoms with Gasteiger partial charge >= 0.3 is 6.09 Å². The standard InChI is InChI=1S/C22H22ClN5O3/c23-16-6-9-18-15(11-16)12-27(22(29)30)13-19-25-26-21(28(18)19)14-4-7-17(8-5-14)31-20-3-1-2-10-24-20/h1-3,6,9-11,14,17H,4-5,7-8,12-13H2,(H,29,30)/t14-,17+. The number of carbonyl (C=O) groups is 1. The van der Waals surface area contributed by atoms with Gasteiger partial charge in [0.2, 0.25) is 5.88 Å². The number of rotatable bonds is 3. The summed E-state index contributed by atoms with van der Waals surface area (Å²) in [5.74, 6) is 2.39. The van der Waals surface area contributed by atoms with Gasteiger partial charge in [0.1, 0.15) is 11.9 Å². The molecule has 1 saturated carbocycles. The van der Waals surface area contributed by atoms with Gasteiger partial charge < -0.3 is 9.84 Å². The summed E-state index contributed by atoms with van der Waals surface area (Å²) in [5, 5.41) is 19.0. The quantitative estimate of drug-likeness (QED) is 0.649. The van der Waals surface area contributed by atoms with Crippen LogP contribution in [0.5, 0.6) is 5.88 Å². The number of hydrogen-bond acceptors (Lipinski definition) is 5. The summed E-state index contributed by atoms with van der Waals surface area (Å²) in [5.41, 5.74) is 1.75. The molecule has 9 heteroatoms. The Hall–Kier alpha value is -3.13. The van der Waals surface area contributed by atoms with E-state index in [0.717, 1.165) is 42.8 Å². The van der Waals surface area contributed by atoms with Crippen LogP contribution < -0.4 is 4.74 Å². The second-order valence-electron chi connectivity index (χ2n) is 7.98. The largest absolute Gasteiger partial charge is 0.474 e. The van der Waals surface area contributed by atoms with Crippen molar-refractivity contribution in [3.8, 4) is 11.6 Å². The SMILES string of the molecule is O=C(O)N1Cc2cc(Cl)ccc2-n2c(nnc2[C@H]2CC[C@@H](Oc3ccccn3)CC2)C1. The molecule has 1 N–H and O–H groups in total. The lowest BCUT2D eigenvalue weighted by Gasteiger charge is -2.28. The lowest BCUT2D eigenvalue weighted by Crippen LogP contribution is -2.28. The number of hydrogen-bond donors (Lipinski definition) is 1. The number of ether oxygens (including phenoxy) is 1. The second kappa shape index (κ2) is 8.19. The molecule has 0 saturated heterocycles. The Bertz CT molecular complexity index is 1100. The molecule has 0 spiro atoms. The minimum Gasteiger partial charge on any atom is -0.474 e. The predicted octanol–water partition coefficient (Wildman–Crippen LogP) is 4.41. The lowest BCUT2D eigenvalue weighted by molar-refractivity contribution is 0.137. The number of amides is 1. The summed E-state index contributed by atoms with van der Waals surface area (Å²) in [6.45, 7) is 0.450. The highest BCUT2D eigenvalue weighted by atomic mass is 35.5. The summed E-state index contributed by atoms with van der Waals surface area (Å²) in [6.07, 6.45) is 4.51. The van der Waals surface area contributed by atoms with Crippen molar-refractivity contribution in [2.24, 2.45) is 0 Å². The lowest BCUT2D eigenvalue weighted by atomic mass is 9.86. The second-order valence-corrected chi connectivity index (χ2v) is 8.42. The zero-order chi connectivity index (χ0) is 21.4. The molecule has 0 bridgehead atoms. The average Bonchev–Trinajstić information content (AvgIpc) is 3.10. The Kier molecular flexibility index (Phi) is 5.23. The normalized spacial score (nSPS) is 20.5. The van der Waals surface area contributed by atoms with Gasteiger partial charge in [-0.1, -0.05) is 17.7 Å². The first-order chi connectivity index (χ1) is 15.1. The average molecular weight is 440 g/mol. The molecule has 1 aromatic carbocycles. The molecule has 3 aromatic rings. The fraction of sp³-hybridized carbons (Fsp3) is 0.364. The molecule has 2 aliphatic rings. The van der Waals surface area contributed by atoms with Gasteiger partial charge in [0.15, 0.2) is 5.82 Å². The molecule has 1 amide bonds. The van der Waals surface area contributed by atoms with Crippen LogP contribution in [0.4, 0.5) is 4.79 Å². The van der Waals surface area contributed by atoms with E-state index in [1.165, 1.54) is 4.90 Å². The number of fused-ring (bicyclic) bond motifs is 3. The number of halogens is 1. The van der Waals surface area contributed by atoms with Crippen LogP contribution in [0.15, 0.2) is 42.6 Å². The minimum atomic E-state index is -0.990. The summed E-state index contributed by atoms with van der Waals surface area (Å²) in [7, 11) is 0. The fourth-order valence-corrected chi connectivity index (χ4v) is 4.65. The monoisotopic (exact) mass is 439 g/mol. The number of nitrogens with zero attached hydrogens (tertiary/aromatic N) is 5. The molecule has 5 rings (SSSR count). The summed E-state index contributed by atoms with van der Waals surface area (Å²) in [4.78, 5) is 17.3. The van der Waals surface area contributed by atoms with Gasteiger partial charge in [-0.3, -0.25) is 9.47 Å². The van der Waals surface area contributed by atoms with E-state index in [4.69, 9.17) is 16.3 Å². The molecule has 0 unspecified atom stereocenters. The Morgan fingerprint density at radius 1 is 1.10 bits per heavy atom. The van der Waals surface area contributed by atoms with Crippen molar-refractivity contribution in [3.63, 3.8) is 0 Å². The van der Waals surface area contributed by atoms with Crippen LogP contribution in [0.2, 0.25) is 5.02 Å². The maximum Gasteiger partial charge on any atom is 0.408 e. The molecule has 160 valence electrons. The molecule has 31 heavy (non-hydrogen) atoms. The van der Waals surface area contributed by atoms with Crippen molar-refractivity contribution < 1.29 is 14.6 Å². The van der Waals surface area contributed by atoms with Gasteiger partial charge in [0.05, 0.1) is 18.8 Å². The maximum absolute atomic E-state index is 11.7. The Morgan fingerprint density at radius 2 is 1.94 bits per heavy atom. The van der Waals surface area contributed by atoms with Crippen LogP contribution in [0.25, 0.3) is 5.69 Å². The van der Waals surface area contributed by atoms with E-state index in [0.29, 0.717) is 16.7 Å². The number of carboxylic acid groups (broad SMARTS) is 1. The predicted molar refractivity (Wildman–Crippen MR) is 114 cm³/mol. The van der Waals surface area contributed by atoms with E-state index in [1.807, 2.05) is 41.0 Å². The van der Waals surface area contributed by atoms with E-state index in [-0.39, 0.29) is 25.1 Å². The van der Waals surface area contributed by atoms with Gasteiger partial charge in [0, 0.05) is 23.2 Å². The third-order valence-corrected chi connectivity index (χ3v) is 6.20. The van der Waals surface area contributed by atoms with E-state index < -0.39 is 6.09 Å². The van der Waals surface area contributed by atoms with Crippen molar-refractivity contribution in [2.45, 2.75) is 50.8 Å². The minimum absolute atomic E-state index is 0.131. The van der Waals surface area contributed by atoms with Crippen molar-refractivity contribution in [3.05, 3.63) is 64.8 Å². The van der Waals surface area contributed by atoms with Crippen LogP contribution >= 0.6 is 11.6 Å². The number of pyridine rings is 1. The fourth-order valence-electron chi connectivity index (χ4n) is 4.45. The molecule has 3 heterocycles. The highest BCUT2D eigenvalue weighted by molar-refractivity contribution is 6.30. The maximum atomic E-state index is 11.7. The summed E-state index contributed by atoms with van der Waals surface area (Å²) < 4.78 is 8.05.